The van der Waals surface area contributed by atoms with E-state index in [0.717, 1.165) is 11.7 Å². The third-order valence-corrected chi connectivity index (χ3v) is 3.64. The fourth-order valence-corrected chi connectivity index (χ4v) is 2.62. The van der Waals surface area contributed by atoms with Crippen molar-refractivity contribution < 1.29 is 0 Å². The highest BCUT2D eigenvalue weighted by atomic mass is 32.2. The van der Waals surface area contributed by atoms with Crippen molar-refractivity contribution in [3.63, 3.8) is 0 Å². The Labute approximate surface area is 102 Å². The summed E-state index contributed by atoms with van der Waals surface area (Å²) >= 11 is 1.82. The van der Waals surface area contributed by atoms with Crippen LogP contribution in [0.3, 0.4) is 0 Å². The first-order valence-electron chi connectivity index (χ1n) is 5.74. The molecule has 16 heavy (non-hydrogen) atoms. The number of thioether (sulfide) groups is 1. The molecule has 2 nitrogen and oxygen atoms in total. The molecule has 0 aliphatic carbocycles. The van der Waals surface area contributed by atoms with Crippen molar-refractivity contribution in [3.05, 3.63) is 29.8 Å². The van der Waals surface area contributed by atoms with Gasteiger partial charge in [0.05, 0.1) is 6.54 Å². The van der Waals surface area contributed by atoms with Gasteiger partial charge in [-0.3, -0.25) is 4.99 Å². The molecule has 1 atom stereocenters. The number of nitrogens with zero attached hydrogens (tertiary/aromatic N) is 1. The van der Waals surface area contributed by atoms with Gasteiger partial charge in [0.15, 0.2) is 5.17 Å². The molecule has 0 aromatic heterocycles. The number of amidine groups is 1. The molecular weight excluding hydrogens is 216 g/mol. The molecule has 0 amide bonds. The van der Waals surface area contributed by atoms with Crippen LogP contribution in [0, 0.1) is 0 Å². The van der Waals surface area contributed by atoms with Crippen LogP contribution in [0.4, 0.5) is 5.69 Å². The van der Waals surface area contributed by atoms with Gasteiger partial charge in [-0.25, -0.2) is 0 Å². The van der Waals surface area contributed by atoms with Crippen LogP contribution in [0.5, 0.6) is 0 Å². The Morgan fingerprint density at radius 1 is 1.38 bits per heavy atom. The molecule has 0 fully saturated rings. The standard InChI is InChI=1S/C13H18N2S/c1-9(2)11-6-4-5-7-12(11)15-13-14-8-10(3)16-13/h4-7,9-10H,8H2,1-3H3,(H,14,15). The number of para-hydroxylation sites is 1. The monoisotopic (exact) mass is 234 g/mol. The van der Waals surface area contributed by atoms with Crippen molar-refractivity contribution in [2.24, 2.45) is 4.99 Å². The van der Waals surface area contributed by atoms with Gasteiger partial charge < -0.3 is 5.32 Å². The second-order valence-corrected chi connectivity index (χ2v) is 5.87. The van der Waals surface area contributed by atoms with Crippen molar-refractivity contribution in [2.75, 3.05) is 11.9 Å². The number of hydrogen-bond donors (Lipinski definition) is 1. The topological polar surface area (TPSA) is 24.4 Å². The van der Waals surface area contributed by atoms with Crippen LogP contribution in [0.25, 0.3) is 0 Å². The van der Waals surface area contributed by atoms with Crippen molar-refractivity contribution in [2.45, 2.75) is 31.9 Å². The van der Waals surface area contributed by atoms with Crippen molar-refractivity contribution in [1.29, 1.82) is 0 Å². The summed E-state index contributed by atoms with van der Waals surface area (Å²) in [6.07, 6.45) is 0. The summed E-state index contributed by atoms with van der Waals surface area (Å²) < 4.78 is 0. The van der Waals surface area contributed by atoms with E-state index in [1.807, 2.05) is 11.8 Å². The molecular formula is C13H18N2S. The summed E-state index contributed by atoms with van der Waals surface area (Å²) in [4.78, 5) is 4.48. The molecule has 86 valence electrons. The van der Waals surface area contributed by atoms with Crippen LogP contribution in [0.1, 0.15) is 32.3 Å². The highest BCUT2D eigenvalue weighted by molar-refractivity contribution is 8.15. The summed E-state index contributed by atoms with van der Waals surface area (Å²) in [7, 11) is 0. The Balaban J connectivity index is 2.15. The van der Waals surface area contributed by atoms with E-state index in [1.165, 1.54) is 11.3 Å². The van der Waals surface area contributed by atoms with Crippen LogP contribution in [0.2, 0.25) is 0 Å². The van der Waals surface area contributed by atoms with Gasteiger partial charge in [0.1, 0.15) is 0 Å². The van der Waals surface area contributed by atoms with Crippen molar-refractivity contribution in [3.8, 4) is 0 Å². The fourth-order valence-electron chi connectivity index (χ4n) is 1.78. The lowest BCUT2D eigenvalue weighted by molar-refractivity contribution is 0.869. The lowest BCUT2D eigenvalue weighted by atomic mass is 10.0. The largest absolute Gasteiger partial charge is 0.335 e. The number of anilines is 1. The van der Waals surface area contributed by atoms with Gasteiger partial charge in [-0.2, -0.15) is 0 Å². The fraction of sp³-hybridized carbons (Fsp3) is 0.462. The third kappa shape index (κ3) is 2.59. The lowest BCUT2D eigenvalue weighted by Gasteiger charge is -2.14. The van der Waals surface area contributed by atoms with Gasteiger partial charge in [-0.1, -0.05) is 50.7 Å². The van der Waals surface area contributed by atoms with E-state index in [9.17, 15) is 0 Å². The number of rotatable bonds is 2. The summed E-state index contributed by atoms with van der Waals surface area (Å²) in [5.74, 6) is 0.535. The minimum Gasteiger partial charge on any atom is -0.335 e. The molecule has 0 spiro atoms. The van der Waals surface area contributed by atoms with Crippen LogP contribution in [-0.2, 0) is 0 Å². The predicted molar refractivity (Wildman–Crippen MR) is 73.5 cm³/mol. The second kappa shape index (κ2) is 4.91. The molecule has 1 aliphatic rings. The van der Waals surface area contributed by atoms with E-state index in [4.69, 9.17) is 0 Å². The molecule has 1 aromatic rings. The van der Waals surface area contributed by atoms with Crippen molar-refractivity contribution in [1.82, 2.24) is 0 Å². The number of hydrogen-bond acceptors (Lipinski definition) is 3. The summed E-state index contributed by atoms with van der Waals surface area (Å²) in [5, 5.41) is 5.10. The molecule has 0 saturated carbocycles. The maximum Gasteiger partial charge on any atom is 0.161 e. The Hall–Kier alpha value is -0.960. The zero-order valence-corrected chi connectivity index (χ0v) is 10.8. The van der Waals surface area contributed by atoms with Crippen LogP contribution < -0.4 is 5.32 Å². The normalized spacial score (nSPS) is 20.0. The Morgan fingerprint density at radius 3 is 2.75 bits per heavy atom. The minimum atomic E-state index is 0.535. The third-order valence-electron chi connectivity index (χ3n) is 2.63. The van der Waals surface area contributed by atoms with Crippen LogP contribution >= 0.6 is 11.8 Å². The maximum atomic E-state index is 4.48. The molecule has 2 rings (SSSR count). The Morgan fingerprint density at radius 2 is 2.12 bits per heavy atom. The number of aliphatic imine (C=N–C) groups is 1. The first-order valence-corrected chi connectivity index (χ1v) is 6.62. The van der Waals surface area contributed by atoms with Crippen molar-refractivity contribution >= 4 is 22.6 Å². The van der Waals surface area contributed by atoms with Gasteiger partial charge in [-0.15, -0.1) is 0 Å². The predicted octanol–water partition coefficient (Wildman–Crippen LogP) is 3.71. The molecule has 1 aromatic carbocycles. The molecule has 3 heteroatoms. The highest BCUT2D eigenvalue weighted by Gasteiger charge is 2.16. The summed E-state index contributed by atoms with van der Waals surface area (Å²) in [6.45, 7) is 7.56. The molecule has 1 unspecified atom stereocenters. The average Bonchev–Trinajstić information content (AvgIpc) is 2.64. The van der Waals surface area contributed by atoms with Gasteiger partial charge in [-0.05, 0) is 17.5 Å². The molecule has 1 aliphatic heterocycles. The molecule has 0 bridgehead atoms. The SMILES string of the molecule is CC1CN=C(Nc2ccccc2C(C)C)S1. The quantitative estimate of drug-likeness (QED) is 0.843. The highest BCUT2D eigenvalue weighted by Crippen LogP contribution is 2.27. The summed E-state index contributed by atoms with van der Waals surface area (Å²) in [6, 6.07) is 8.46. The van der Waals surface area contributed by atoms with Crippen LogP contribution in [0.15, 0.2) is 29.3 Å². The molecule has 0 saturated heterocycles. The Kier molecular flexibility index (Phi) is 3.54. The zero-order valence-electron chi connectivity index (χ0n) is 10.0. The van der Waals surface area contributed by atoms with E-state index in [0.29, 0.717) is 11.2 Å². The average molecular weight is 234 g/mol. The molecule has 1 N–H and O–H groups in total. The van der Waals surface area contributed by atoms with E-state index in [1.54, 1.807) is 0 Å². The van der Waals surface area contributed by atoms with Gasteiger partial charge in [0.25, 0.3) is 0 Å². The van der Waals surface area contributed by atoms with E-state index < -0.39 is 0 Å². The summed E-state index contributed by atoms with van der Waals surface area (Å²) in [5.41, 5.74) is 2.54. The molecule has 0 radical (unpaired) electrons. The number of benzene rings is 1. The smallest absolute Gasteiger partial charge is 0.161 e. The van der Waals surface area contributed by atoms with Gasteiger partial charge in [0.2, 0.25) is 0 Å². The molecule has 1 heterocycles. The first kappa shape index (κ1) is 11.5. The Bertz CT molecular complexity index is 399. The first-order chi connectivity index (χ1) is 7.66. The second-order valence-electron chi connectivity index (χ2n) is 4.44. The zero-order chi connectivity index (χ0) is 11.5. The minimum absolute atomic E-state index is 0.535. The van der Waals surface area contributed by atoms with Crippen LogP contribution in [-0.4, -0.2) is 17.0 Å². The van der Waals surface area contributed by atoms with E-state index in [2.05, 4.69) is 55.3 Å². The number of nitrogens with one attached hydrogen (secondary N) is 1. The van der Waals surface area contributed by atoms with Gasteiger partial charge in [0, 0.05) is 10.9 Å². The van der Waals surface area contributed by atoms with Gasteiger partial charge >= 0.3 is 0 Å². The van der Waals surface area contributed by atoms with E-state index in [-0.39, 0.29) is 0 Å². The van der Waals surface area contributed by atoms with E-state index >= 15 is 0 Å². The lowest BCUT2D eigenvalue weighted by Crippen LogP contribution is -2.08. The maximum absolute atomic E-state index is 4.48.